The number of fused-ring (bicyclic) bond motifs is 1. The maximum atomic E-state index is 12.7. The first-order valence-corrected chi connectivity index (χ1v) is 14.9. The molecule has 2 aromatic rings. The molecule has 2 amide bonds. The van der Waals surface area contributed by atoms with Crippen molar-refractivity contribution >= 4 is 17.8 Å². The van der Waals surface area contributed by atoms with Gasteiger partial charge in [-0.3, -0.25) is 26.1 Å². The van der Waals surface area contributed by atoms with Crippen LogP contribution >= 0.6 is 0 Å². The van der Waals surface area contributed by atoms with Crippen molar-refractivity contribution in [3.8, 4) is 5.75 Å². The number of allylic oxidation sites excluding steroid dienone is 1. The number of benzene rings is 1. The van der Waals surface area contributed by atoms with Crippen molar-refractivity contribution < 1.29 is 14.6 Å². The van der Waals surface area contributed by atoms with Crippen LogP contribution in [0.15, 0.2) is 54.4 Å². The Morgan fingerprint density at radius 3 is 2.40 bits per heavy atom. The Kier molecular flexibility index (Phi) is 9.95. The molecule has 1 aliphatic carbocycles. The number of hydrogen-bond donors (Lipinski definition) is 6. The SMILES string of the molecule is CN(C)CC1CCN(C(=N)n2cc(OC3CCC(NC(=O)NC(=N)/C=C(\O)C(C)(C)C)c4ccccc43)ccc2=N)CC1. The molecule has 43 heavy (non-hydrogen) atoms. The summed E-state index contributed by atoms with van der Waals surface area (Å²) in [5.41, 5.74) is 1.60. The monoisotopic (exact) mass is 590 g/mol. The average Bonchev–Trinajstić information content (AvgIpc) is 2.94. The number of rotatable bonds is 6. The van der Waals surface area contributed by atoms with E-state index < -0.39 is 11.4 Å². The Labute approximate surface area is 254 Å². The number of aliphatic hydroxyl groups excluding tert-OH is 1. The van der Waals surface area contributed by atoms with E-state index in [-0.39, 0.29) is 35.2 Å². The molecule has 232 valence electrons. The minimum atomic E-state index is -0.523. The van der Waals surface area contributed by atoms with Crippen molar-refractivity contribution in [1.82, 2.24) is 25.0 Å². The summed E-state index contributed by atoms with van der Waals surface area (Å²) in [7, 11) is 4.18. The van der Waals surface area contributed by atoms with Crippen LogP contribution in [-0.4, -0.2) is 71.0 Å². The summed E-state index contributed by atoms with van der Waals surface area (Å²) in [6.45, 7) is 8.11. The van der Waals surface area contributed by atoms with E-state index in [0.29, 0.717) is 24.5 Å². The van der Waals surface area contributed by atoms with Gasteiger partial charge >= 0.3 is 6.03 Å². The lowest BCUT2D eigenvalue weighted by molar-refractivity contribution is 0.170. The second-order valence-corrected chi connectivity index (χ2v) is 12.8. The van der Waals surface area contributed by atoms with Gasteiger partial charge in [0.2, 0.25) is 5.96 Å². The highest BCUT2D eigenvalue weighted by Crippen LogP contribution is 2.38. The lowest BCUT2D eigenvalue weighted by Gasteiger charge is -2.35. The topological polar surface area (TPSA) is 154 Å². The molecule has 2 heterocycles. The van der Waals surface area contributed by atoms with E-state index in [1.165, 1.54) is 6.08 Å². The number of nitrogens with one attached hydrogen (secondary N) is 5. The number of hydrogen-bond acceptors (Lipinski definition) is 7. The van der Waals surface area contributed by atoms with Crippen LogP contribution in [-0.2, 0) is 0 Å². The van der Waals surface area contributed by atoms with Crippen LogP contribution in [0.1, 0.15) is 69.7 Å². The number of pyridine rings is 1. The van der Waals surface area contributed by atoms with Gasteiger partial charge < -0.3 is 25.0 Å². The highest BCUT2D eigenvalue weighted by atomic mass is 16.5. The predicted molar refractivity (Wildman–Crippen MR) is 168 cm³/mol. The Morgan fingerprint density at radius 1 is 1.07 bits per heavy atom. The van der Waals surface area contributed by atoms with Gasteiger partial charge in [-0.05, 0) is 69.0 Å². The molecule has 4 rings (SSSR count). The van der Waals surface area contributed by atoms with E-state index in [1.54, 1.807) is 22.9 Å². The van der Waals surface area contributed by atoms with E-state index in [4.69, 9.17) is 21.0 Å². The van der Waals surface area contributed by atoms with Crippen LogP contribution in [0.3, 0.4) is 0 Å². The molecule has 0 bridgehead atoms. The first-order chi connectivity index (χ1) is 20.3. The summed E-state index contributed by atoms with van der Waals surface area (Å²) in [4.78, 5) is 17.0. The number of urea groups is 1. The molecule has 1 aliphatic heterocycles. The molecule has 11 heteroatoms. The van der Waals surface area contributed by atoms with E-state index in [1.807, 2.05) is 49.9 Å². The van der Waals surface area contributed by atoms with Crippen LogP contribution < -0.4 is 20.9 Å². The molecule has 2 aliphatic rings. The number of carbonyl (C=O) groups is 1. The summed E-state index contributed by atoms with van der Waals surface area (Å²) in [5.74, 6) is 1.31. The molecule has 6 N–H and O–H groups in total. The number of likely N-dealkylation sites (tertiary alicyclic amines) is 1. The average molecular weight is 591 g/mol. The summed E-state index contributed by atoms with van der Waals surface area (Å²) in [5, 5.41) is 40.9. The molecular formula is C32H46N8O3. The molecule has 2 unspecified atom stereocenters. The normalized spacial score (nSPS) is 19.5. The highest BCUT2D eigenvalue weighted by Gasteiger charge is 2.30. The summed E-state index contributed by atoms with van der Waals surface area (Å²) in [6, 6.07) is 10.5. The molecule has 1 aromatic carbocycles. The van der Waals surface area contributed by atoms with Gasteiger partial charge in [-0.2, -0.15) is 0 Å². The number of piperidine rings is 1. The Hall–Kier alpha value is -4.12. The van der Waals surface area contributed by atoms with Gasteiger partial charge in [0.05, 0.1) is 12.2 Å². The first kappa shape index (κ1) is 31.8. The lowest BCUT2D eigenvalue weighted by atomic mass is 9.85. The van der Waals surface area contributed by atoms with Crippen molar-refractivity contribution in [2.45, 2.75) is 58.6 Å². The number of amides is 2. The summed E-state index contributed by atoms with van der Waals surface area (Å²) < 4.78 is 8.02. The number of aromatic nitrogens is 1. The van der Waals surface area contributed by atoms with Gasteiger partial charge in [-0.15, -0.1) is 0 Å². The van der Waals surface area contributed by atoms with Crippen LogP contribution in [0.2, 0.25) is 0 Å². The number of ether oxygens (including phenoxy) is 1. The lowest BCUT2D eigenvalue weighted by Crippen LogP contribution is -2.45. The first-order valence-electron chi connectivity index (χ1n) is 14.9. The molecule has 1 fully saturated rings. The van der Waals surface area contributed by atoms with Crippen molar-refractivity contribution in [1.29, 1.82) is 16.2 Å². The molecule has 0 saturated carbocycles. The van der Waals surface area contributed by atoms with Crippen molar-refractivity contribution in [2.75, 3.05) is 33.7 Å². The summed E-state index contributed by atoms with van der Waals surface area (Å²) >= 11 is 0. The zero-order chi connectivity index (χ0) is 31.3. The van der Waals surface area contributed by atoms with Gasteiger partial charge in [0.1, 0.15) is 28.9 Å². The smallest absolute Gasteiger partial charge is 0.320 e. The predicted octanol–water partition coefficient (Wildman–Crippen LogP) is 4.74. The molecular weight excluding hydrogens is 544 g/mol. The quantitative estimate of drug-likeness (QED) is 0.163. The standard InChI is InChI=1S/C32H46N8O3/c1-32(2,3)27(41)18-28(33)37-31(42)36-25-11-12-26(24-9-7-6-8-23(24)25)43-22-10-13-29(34)40(20-22)30(35)39-16-14-21(15-17-39)19-38(4)5/h6-10,13,18,20-21,25-26,34-35,41H,11-12,14-17,19H2,1-5H3,(H3,33,36,37,42)/b27-18-,34-29?,35-30?. The van der Waals surface area contributed by atoms with Gasteiger partial charge in [-0.1, -0.05) is 45.0 Å². The molecule has 11 nitrogen and oxygen atoms in total. The fourth-order valence-electron chi connectivity index (χ4n) is 5.62. The zero-order valence-corrected chi connectivity index (χ0v) is 25.9. The van der Waals surface area contributed by atoms with Crippen molar-refractivity contribution in [3.05, 3.63) is 71.0 Å². The second-order valence-electron chi connectivity index (χ2n) is 12.8. The Balaban J connectivity index is 1.42. The fraction of sp³-hybridized carbons (Fsp3) is 0.500. The minimum Gasteiger partial charge on any atom is -0.512 e. The molecule has 0 spiro atoms. The van der Waals surface area contributed by atoms with Gasteiger partial charge in [0.15, 0.2) is 0 Å². The van der Waals surface area contributed by atoms with Gasteiger partial charge in [-0.25, -0.2) is 4.79 Å². The van der Waals surface area contributed by atoms with Crippen LogP contribution in [0.4, 0.5) is 4.79 Å². The number of nitrogens with zero attached hydrogens (tertiary/aromatic N) is 3. The van der Waals surface area contributed by atoms with Crippen LogP contribution in [0.25, 0.3) is 0 Å². The third kappa shape index (κ3) is 8.25. The van der Waals surface area contributed by atoms with Crippen molar-refractivity contribution in [2.24, 2.45) is 11.3 Å². The number of aliphatic hydroxyl groups is 1. The minimum absolute atomic E-state index is 0.0142. The van der Waals surface area contributed by atoms with E-state index >= 15 is 0 Å². The molecule has 1 aromatic heterocycles. The van der Waals surface area contributed by atoms with Gasteiger partial charge in [0.25, 0.3) is 0 Å². The number of carbonyl (C=O) groups excluding carboxylic acids is 1. The van der Waals surface area contributed by atoms with E-state index in [0.717, 1.165) is 43.6 Å². The van der Waals surface area contributed by atoms with Gasteiger partial charge in [0, 0.05) is 31.1 Å². The fourth-order valence-corrected chi connectivity index (χ4v) is 5.62. The third-order valence-electron chi connectivity index (χ3n) is 8.00. The highest BCUT2D eigenvalue weighted by molar-refractivity contribution is 6.02. The molecule has 2 atom stereocenters. The van der Waals surface area contributed by atoms with E-state index in [9.17, 15) is 9.90 Å². The van der Waals surface area contributed by atoms with E-state index in [2.05, 4.69) is 29.6 Å². The largest absolute Gasteiger partial charge is 0.512 e. The maximum absolute atomic E-state index is 12.7. The number of amidine groups is 1. The second kappa shape index (κ2) is 13.5. The van der Waals surface area contributed by atoms with Crippen LogP contribution in [0, 0.1) is 27.6 Å². The van der Waals surface area contributed by atoms with Crippen molar-refractivity contribution in [3.63, 3.8) is 0 Å². The summed E-state index contributed by atoms with van der Waals surface area (Å²) in [6.07, 6.45) is 6.02. The Morgan fingerprint density at radius 2 is 1.74 bits per heavy atom. The molecule has 0 radical (unpaired) electrons. The maximum Gasteiger partial charge on any atom is 0.320 e. The zero-order valence-electron chi connectivity index (χ0n) is 25.9. The molecule has 1 saturated heterocycles. The third-order valence-corrected chi connectivity index (χ3v) is 8.00. The Bertz CT molecular complexity index is 1420. The van der Waals surface area contributed by atoms with Crippen LogP contribution in [0.5, 0.6) is 5.75 Å².